The molecule has 2 rings (SSSR count). The van der Waals surface area contributed by atoms with Gasteiger partial charge in [0.1, 0.15) is 0 Å². The number of aromatic nitrogens is 2. The second-order valence-electron chi connectivity index (χ2n) is 4.89. The van der Waals surface area contributed by atoms with E-state index in [0.29, 0.717) is 12.1 Å². The van der Waals surface area contributed by atoms with Gasteiger partial charge in [-0.25, -0.2) is 0 Å². The SMILES string of the molecule is CC(C)N1CCCC(Nc2cn[nH]c2)CC1. The predicted molar refractivity (Wildman–Crippen MR) is 66.6 cm³/mol. The lowest BCUT2D eigenvalue weighted by Crippen LogP contribution is -2.32. The normalized spacial score (nSPS) is 23.3. The first kappa shape index (κ1) is 11.5. The Kier molecular flexibility index (Phi) is 3.83. The summed E-state index contributed by atoms with van der Waals surface area (Å²) in [7, 11) is 0. The van der Waals surface area contributed by atoms with Gasteiger partial charge in [-0.15, -0.1) is 0 Å². The van der Waals surface area contributed by atoms with Gasteiger partial charge in [0.25, 0.3) is 0 Å². The topological polar surface area (TPSA) is 44.0 Å². The molecule has 1 saturated heterocycles. The number of aromatic amines is 1. The predicted octanol–water partition coefficient (Wildman–Crippen LogP) is 2.08. The number of anilines is 1. The molecule has 1 atom stereocenters. The summed E-state index contributed by atoms with van der Waals surface area (Å²) < 4.78 is 0. The maximum atomic E-state index is 3.96. The van der Waals surface area contributed by atoms with Gasteiger partial charge < -0.3 is 10.2 Å². The molecular weight excluding hydrogens is 200 g/mol. The van der Waals surface area contributed by atoms with Crippen LogP contribution in [0.25, 0.3) is 0 Å². The summed E-state index contributed by atoms with van der Waals surface area (Å²) in [6, 6.07) is 1.27. The van der Waals surface area contributed by atoms with Crippen LogP contribution in [0.15, 0.2) is 12.4 Å². The Morgan fingerprint density at radius 2 is 2.31 bits per heavy atom. The van der Waals surface area contributed by atoms with Gasteiger partial charge in [-0.2, -0.15) is 5.10 Å². The molecule has 4 nitrogen and oxygen atoms in total. The molecule has 0 aromatic carbocycles. The molecule has 4 heteroatoms. The molecule has 0 spiro atoms. The smallest absolute Gasteiger partial charge is 0.0725 e. The molecule has 0 amide bonds. The van der Waals surface area contributed by atoms with E-state index < -0.39 is 0 Å². The highest BCUT2D eigenvalue weighted by Gasteiger charge is 2.18. The van der Waals surface area contributed by atoms with E-state index in [1.54, 1.807) is 0 Å². The first-order chi connectivity index (χ1) is 7.75. The fourth-order valence-electron chi connectivity index (χ4n) is 2.34. The van der Waals surface area contributed by atoms with Crippen LogP contribution in [0.3, 0.4) is 0 Å². The molecule has 16 heavy (non-hydrogen) atoms. The van der Waals surface area contributed by atoms with Gasteiger partial charge in [-0.05, 0) is 39.7 Å². The highest BCUT2D eigenvalue weighted by Crippen LogP contribution is 2.17. The van der Waals surface area contributed by atoms with Crippen LogP contribution in [-0.4, -0.2) is 40.3 Å². The van der Waals surface area contributed by atoms with Crippen molar-refractivity contribution in [3.8, 4) is 0 Å². The number of H-pyrrole nitrogens is 1. The van der Waals surface area contributed by atoms with Crippen LogP contribution in [0.5, 0.6) is 0 Å². The Labute approximate surface area is 97.4 Å². The van der Waals surface area contributed by atoms with Gasteiger partial charge in [0, 0.05) is 24.8 Å². The van der Waals surface area contributed by atoms with Crippen molar-refractivity contribution in [1.82, 2.24) is 15.1 Å². The first-order valence-corrected chi connectivity index (χ1v) is 6.25. The second kappa shape index (κ2) is 5.34. The van der Waals surface area contributed by atoms with E-state index in [2.05, 4.69) is 34.3 Å². The van der Waals surface area contributed by atoms with Crippen molar-refractivity contribution in [3.05, 3.63) is 12.4 Å². The Morgan fingerprint density at radius 1 is 1.44 bits per heavy atom. The summed E-state index contributed by atoms with van der Waals surface area (Å²) >= 11 is 0. The monoisotopic (exact) mass is 222 g/mol. The fraction of sp³-hybridized carbons (Fsp3) is 0.750. The standard InChI is InChI=1S/C12H22N4/c1-10(2)16-6-3-4-11(5-7-16)15-12-8-13-14-9-12/h8-11,15H,3-7H2,1-2H3,(H,13,14). The van der Waals surface area contributed by atoms with E-state index in [-0.39, 0.29) is 0 Å². The number of rotatable bonds is 3. The molecule has 1 fully saturated rings. The summed E-state index contributed by atoms with van der Waals surface area (Å²) in [6.45, 7) is 7.00. The van der Waals surface area contributed by atoms with E-state index in [1.807, 2.05) is 12.4 Å². The summed E-state index contributed by atoms with van der Waals surface area (Å²) in [5, 5.41) is 10.3. The van der Waals surface area contributed by atoms with Crippen molar-refractivity contribution in [3.63, 3.8) is 0 Å². The minimum Gasteiger partial charge on any atom is -0.380 e. The molecule has 0 aliphatic carbocycles. The van der Waals surface area contributed by atoms with E-state index in [0.717, 1.165) is 5.69 Å². The zero-order chi connectivity index (χ0) is 11.4. The highest BCUT2D eigenvalue weighted by molar-refractivity contribution is 5.38. The van der Waals surface area contributed by atoms with Crippen molar-refractivity contribution in [2.24, 2.45) is 0 Å². The van der Waals surface area contributed by atoms with Crippen LogP contribution < -0.4 is 5.32 Å². The molecule has 0 saturated carbocycles. The third-order valence-electron chi connectivity index (χ3n) is 3.36. The summed E-state index contributed by atoms with van der Waals surface area (Å²) in [5.74, 6) is 0. The van der Waals surface area contributed by atoms with Crippen molar-refractivity contribution < 1.29 is 0 Å². The number of nitrogens with one attached hydrogen (secondary N) is 2. The lowest BCUT2D eigenvalue weighted by atomic mass is 10.1. The van der Waals surface area contributed by atoms with Gasteiger partial charge >= 0.3 is 0 Å². The van der Waals surface area contributed by atoms with Gasteiger partial charge in [0.05, 0.1) is 11.9 Å². The third-order valence-corrected chi connectivity index (χ3v) is 3.36. The van der Waals surface area contributed by atoms with Gasteiger partial charge in [-0.3, -0.25) is 5.10 Å². The number of hydrogen-bond acceptors (Lipinski definition) is 3. The summed E-state index contributed by atoms with van der Waals surface area (Å²) in [4.78, 5) is 2.57. The fourth-order valence-corrected chi connectivity index (χ4v) is 2.34. The molecule has 2 heterocycles. The zero-order valence-corrected chi connectivity index (χ0v) is 10.2. The van der Waals surface area contributed by atoms with Crippen LogP contribution in [0.1, 0.15) is 33.1 Å². The largest absolute Gasteiger partial charge is 0.380 e. The molecule has 0 bridgehead atoms. The quantitative estimate of drug-likeness (QED) is 0.823. The van der Waals surface area contributed by atoms with Gasteiger partial charge in [-0.1, -0.05) is 0 Å². The lowest BCUT2D eigenvalue weighted by Gasteiger charge is -2.24. The molecule has 1 aromatic heterocycles. The Morgan fingerprint density at radius 3 is 3.00 bits per heavy atom. The summed E-state index contributed by atoms with van der Waals surface area (Å²) in [6.07, 6.45) is 7.54. The summed E-state index contributed by atoms with van der Waals surface area (Å²) in [5.41, 5.74) is 1.11. The van der Waals surface area contributed by atoms with Crippen LogP contribution in [-0.2, 0) is 0 Å². The minimum absolute atomic E-state index is 0.598. The molecule has 1 aromatic rings. The van der Waals surface area contributed by atoms with Crippen LogP contribution in [0.2, 0.25) is 0 Å². The Hall–Kier alpha value is -1.03. The number of nitrogens with zero attached hydrogens (tertiary/aromatic N) is 2. The maximum absolute atomic E-state index is 3.96. The van der Waals surface area contributed by atoms with Crippen LogP contribution in [0.4, 0.5) is 5.69 Å². The average Bonchev–Trinajstić information content (AvgIpc) is 2.63. The number of likely N-dealkylation sites (tertiary alicyclic amines) is 1. The first-order valence-electron chi connectivity index (χ1n) is 6.25. The molecular formula is C12H22N4. The molecule has 0 radical (unpaired) electrons. The van der Waals surface area contributed by atoms with E-state index in [1.165, 1.54) is 32.4 Å². The van der Waals surface area contributed by atoms with E-state index >= 15 is 0 Å². The molecule has 1 aliphatic heterocycles. The van der Waals surface area contributed by atoms with Gasteiger partial charge in [0.15, 0.2) is 0 Å². The van der Waals surface area contributed by atoms with Crippen LogP contribution in [0, 0.1) is 0 Å². The Bertz CT molecular complexity index is 294. The molecule has 1 unspecified atom stereocenters. The highest BCUT2D eigenvalue weighted by atomic mass is 15.2. The molecule has 90 valence electrons. The zero-order valence-electron chi connectivity index (χ0n) is 10.2. The minimum atomic E-state index is 0.598. The van der Waals surface area contributed by atoms with Crippen molar-refractivity contribution in [1.29, 1.82) is 0 Å². The second-order valence-corrected chi connectivity index (χ2v) is 4.89. The van der Waals surface area contributed by atoms with Crippen molar-refractivity contribution in [2.45, 2.75) is 45.2 Å². The molecule has 2 N–H and O–H groups in total. The number of hydrogen-bond donors (Lipinski definition) is 2. The lowest BCUT2D eigenvalue weighted by molar-refractivity contribution is 0.230. The molecule has 1 aliphatic rings. The Balaban J connectivity index is 1.84. The van der Waals surface area contributed by atoms with Gasteiger partial charge in [0.2, 0.25) is 0 Å². The third kappa shape index (κ3) is 2.98. The van der Waals surface area contributed by atoms with E-state index in [9.17, 15) is 0 Å². The van der Waals surface area contributed by atoms with Crippen LogP contribution >= 0.6 is 0 Å². The average molecular weight is 222 g/mol. The van der Waals surface area contributed by atoms with Crippen molar-refractivity contribution in [2.75, 3.05) is 18.4 Å². The van der Waals surface area contributed by atoms with Crippen molar-refractivity contribution >= 4 is 5.69 Å². The maximum Gasteiger partial charge on any atom is 0.0725 e. The van der Waals surface area contributed by atoms with E-state index in [4.69, 9.17) is 0 Å².